The van der Waals surface area contributed by atoms with Gasteiger partial charge in [-0.3, -0.25) is 19.2 Å². The van der Waals surface area contributed by atoms with Crippen LogP contribution in [-0.4, -0.2) is 46.8 Å². The second-order valence-corrected chi connectivity index (χ2v) is 8.58. The number of hydrogen-bond acceptors (Lipinski definition) is 4. The molecule has 1 aliphatic rings. The van der Waals surface area contributed by atoms with Crippen molar-refractivity contribution >= 4 is 29.1 Å². The van der Waals surface area contributed by atoms with E-state index in [-0.39, 0.29) is 30.5 Å². The number of aryl methyl sites for hydroxylation is 2. The van der Waals surface area contributed by atoms with Gasteiger partial charge in [0.25, 0.3) is 11.5 Å². The number of carbonyl (C=O) groups excluding carboxylic acids is 3. The molecule has 1 N–H and O–H groups in total. The van der Waals surface area contributed by atoms with Crippen LogP contribution in [0, 0.1) is 12.8 Å². The van der Waals surface area contributed by atoms with Crippen molar-refractivity contribution in [1.29, 1.82) is 0 Å². The quantitative estimate of drug-likeness (QED) is 0.667. The Balaban J connectivity index is 1.78. The molecule has 1 fully saturated rings. The van der Waals surface area contributed by atoms with Crippen molar-refractivity contribution in [1.82, 2.24) is 9.47 Å². The van der Waals surface area contributed by atoms with Crippen LogP contribution in [-0.2, 0) is 16.6 Å². The Kier molecular flexibility index (Phi) is 7.68. The van der Waals surface area contributed by atoms with Crippen LogP contribution in [0.15, 0.2) is 41.3 Å². The molecule has 8 nitrogen and oxygen atoms in total. The molecule has 1 aromatic heterocycles. The minimum Gasteiger partial charge on any atom is -0.339 e. The molecular weight excluding hydrogens is 420 g/mol. The van der Waals surface area contributed by atoms with E-state index < -0.39 is 17.4 Å². The molecule has 33 heavy (non-hydrogen) atoms. The summed E-state index contributed by atoms with van der Waals surface area (Å²) in [6, 6.07) is 8.99. The minimum atomic E-state index is -0.584. The first-order valence-corrected chi connectivity index (χ1v) is 11.4. The molecule has 0 spiro atoms. The molecular formula is C25H32N4O4. The molecule has 0 saturated carbocycles. The van der Waals surface area contributed by atoms with E-state index in [2.05, 4.69) is 5.32 Å². The molecule has 1 aromatic carbocycles. The molecule has 0 bridgehead atoms. The molecule has 0 aliphatic carbocycles. The van der Waals surface area contributed by atoms with E-state index in [1.54, 1.807) is 16.8 Å². The number of carbonyl (C=O) groups is 3. The molecule has 2 heterocycles. The summed E-state index contributed by atoms with van der Waals surface area (Å²) in [5.74, 6) is -1.30. The van der Waals surface area contributed by atoms with Crippen molar-refractivity contribution in [2.24, 2.45) is 13.0 Å². The Morgan fingerprint density at radius 1 is 1.09 bits per heavy atom. The van der Waals surface area contributed by atoms with Crippen LogP contribution in [0.5, 0.6) is 0 Å². The van der Waals surface area contributed by atoms with Gasteiger partial charge in [0.2, 0.25) is 11.8 Å². The maximum atomic E-state index is 13.0. The van der Waals surface area contributed by atoms with Gasteiger partial charge in [-0.15, -0.1) is 0 Å². The lowest BCUT2D eigenvalue weighted by atomic mass is 10.1. The third-order valence-electron chi connectivity index (χ3n) is 5.80. The SMILES string of the molecule is CCCN(CCC)C(=O)c1cc(NC(=O)C2CC(=O)N(c3ccc(C)cc3)C2)c(=O)n(C)c1. The van der Waals surface area contributed by atoms with Crippen LogP contribution >= 0.6 is 0 Å². The summed E-state index contributed by atoms with van der Waals surface area (Å²) in [7, 11) is 1.55. The molecule has 2 aromatic rings. The second-order valence-electron chi connectivity index (χ2n) is 8.58. The highest BCUT2D eigenvalue weighted by Gasteiger charge is 2.35. The largest absolute Gasteiger partial charge is 0.339 e. The van der Waals surface area contributed by atoms with Gasteiger partial charge in [0.1, 0.15) is 5.69 Å². The molecule has 1 aliphatic heterocycles. The number of anilines is 2. The third kappa shape index (κ3) is 5.50. The Bertz CT molecular complexity index is 1080. The van der Waals surface area contributed by atoms with Crippen molar-refractivity contribution in [3.8, 4) is 0 Å². The fourth-order valence-corrected chi connectivity index (χ4v) is 4.05. The zero-order chi connectivity index (χ0) is 24.1. The van der Waals surface area contributed by atoms with Crippen LogP contribution in [0.2, 0.25) is 0 Å². The summed E-state index contributed by atoms with van der Waals surface area (Å²) in [6.07, 6.45) is 3.22. The van der Waals surface area contributed by atoms with Crippen molar-refractivity contribution in [2.45, 2.75) is 40.0 Å². The van der Waals surface area contributed by atoms with Gasteiger partial charge in [0.05, 0.1) is 11.5 Å². The zero-order valence-corrected chi connectivity index (χ0v) is 19.8. The van der Waals surface area contributed by atoms with Gasteiger partial charge in [-0.05, 0) is 38.0 Å². The number of rotatable bonds is 8. The predicted molar refractivity (Wildman–Crippen MR) is 128 cm³/mol. The molecule has 1 saturated heterocycles. The van der Waals surface area contributed by atoms with Gasteiger partial charge >= 0.3 is 0 Å². The van der Waals surface area contributed by atoms with E-state index >= 15 is 0 Å². The summed E-state index contributed by atoms with van der Waals surface area (Å²) in [5.41, 5.74) is 1.82. The van der Waals surface area contributed by atoms with Gasteiger partial charge in [-0.25, -0.2) is 0 Å². The smallest absolute Gasteiger partial charge is 0.274 e. The number of pyridine rings is 1. The average molecular weight is 453 g/mol. The Morgan fingerprint density at radius 3 is 2.33 bits per heavy atom. The zero-order valence-electron chi connectivity index (χ0n) is 19.8. The molecule has 176 valence electrons. The molecule has 1 atom stereocenters. The summed E-state index contributed by atoms with van der Waals surface area (Å²) >= 11 is 0. The van der Waals surface area contributed by atoms with Crippen molar-refractivity contribution in [2.75, 3.05) is 29.9 Å². The van der Waals surface area contributed by atoms with E-state index in [9.17, 15) is 19.2 Å². The fourth-order valence-electron chi connectivity index (χ4n) is 4.05. The summed E-state index contributed by atoms with van der Waals surface area (Å²) in [6.45, 7) is 7.46. The lowest BCUT2D eigenvalue weighted by Crippen LogP contribution is -2.34. The normalized spacial score (nSPS) is 15.6. The van der Waals surface area contributed by atoms with E-state index in [0.717, 1.165) is 24.1 Å². The molecule has 0 radical (unpaired) electrons. The number of amides is 3. The highest BCUT2D eigenvalue weighted by atomic mass is 16.2. The topological polar surface area (TPSA) is 91.7 Å². The average Bonchev–Trinajstić information content (AvgIpc) is 3.18. The number of hydrogen-bond donors (Lipinski definition) is 1. The standard InChI is InChI=1S/C25H32N4O4/c1-5-11-28(12-6-2)24(32)19-13-21(25(33)27(4)15-19)26-23(31)18-14-22(30)29(16-18)20-9-7-17(3)8-10-20/h7-10,13,15,18H,5-6,11-12,14,16H2,1-4H3,(H,26,31). The Hall–Kier alpha value is -3.42. The highest BCUT2D eigenvalue weighted by molar-refractivity contribution is 6.04. The highest BCUT2D eigenvalue weighted by Crippen LogP contribution is 2.26. The fraction of sp³-hybridized carbons (Fsp3) is 0.440. The van der Waals surface area contributed by atoms with E-state index in [0.29, 0.717) is 18.7 Å². The lowest BCUT2D eigenvalue weighted by molar-refractivity contribution is -0.122. The van der Waals surface area contributed by atoms with E-state index in [1.165, 1.54) is 16.8 Å². The Morgan fingerprint density at radius 2 is 1.73 bits per heavy atom. The first-order chi connectivity index (χ1) is 15.7. The number of nitrogens with zero attached hydrogens (tertiary/aromatic N) is 3. The summed E-state index contributed by atoms with van der Waals surface area (Å²) in [4.78, 5) is 54.4. The lowest BCUT2D eigenvalue weighted by Gasteiger charge is -2.22. The van der Waals surface area contributed by atoms with Gasteiger partial charge in [0, 0.05) is 45.0 Å². The maximum absolute atomic E-state index is 13.0. The van der Waals surface area contributed by atoms with Gasteiger partial charge in [-0.1, -0.05) is 31.5 Å². The van der Waals surface area contributed by atoms with E-state index in [1.807, 2.05) is 45.0 Å². The van der Waals surface area contributed by atoms with Crippen LogP contribution in [0.4, 0.5) is 11.4 Å². The number of benzene rings is 1. The van der Waals surface area contributed by atoms with Crippen LogP contribution in [0.3, 0.4) is 0 Å². The number of aromatic nitrogens is 1. The maximum Gasteiger partial charge on any atom is 0.274 e. The molecule has 3 rings (SSSR count). The predicted octanol–water partition coefficient (Wildman–Crippen LogP) is 2.95. The van der Waals surface area contributed by atoms with Crippen molar-refractivity contribution in [3.63, 3.8) is 0 Å². The first kappa shape index (κ1) is 24.2. The molecule has 1 unspecified atom stereocenters. The van der Waals surface area contributed by atoms with Crippen LogP contribution < -0.4 is 15.8 Å². The van der Waals surface area contributed by atoms with Crippen LogP contribution in [0.25, 0.3) is 0 Å². The van der Waals surface area contributed by atoms with Crippen LogP contribution in [0.1, 0.15) is 49.0 Å². The summed E-state index contributed by atoms with van der Waals surface area (Å²) in [5, 5.41) is 2.67. The second kappa shape index (κ2) is 10.5. The van der Waals surface area contributed by atoms with Gasteiger partial charge < -0.3 is 19.7 Å². The minimum absolute atomic E-state index is 0.0440. The van der Waals surface area contributed by atoms with Crippen molar-refractivity contribution < 1.29 is 14.4 Å². The molecule has 3 amide bonds. The van der Waals surface area contributed by atoms with Crippen molar-refractivity contribution in [3.05, 3.63) is 58.0 Å². The first-order valence-electron chi connectivity index (χ1n) is 11.4. The summed E-state index contributed by atoms with van der Waals surface area (Å²) < 4.78 is 1.30. The number of nitrogens with one attached hydrogen (secondary N) is 1. The monoisotopic (exact) mass is 452 g/mol. The Labute approximate surface area is 194 Å². The van der Waals surface area contributed by atoms with Gasteiger partial charge in [-0.2, -0.15) is 0 Å². The third-order valence-corrected chi connectivity index (χ3v) is 5.80. The van der Waals surface area contributed by atoms with E-state index in [4.69, 9.17) is 0 Å². The van der Waals surface area contributed by atoms with Gasteiger partial charge in [0.15, 0.2) is 0 Å². The molecule has 8 heteroatoms.